The number of carbonyl (C=O) groups excluding carboxylic acids is 1. The van der Waals surface area contributed by atoms with Crippen molar-refractivity contribution in [1.29, 1.82) is 10.5 Å². The van der Waals surface area contributed by atoms with Gasteiger partial charge in [0.1, 0.15) is 11.5 Å². The molecule has 2 aromatic carbocycles. The largest absolute Gasteiger partial charge is 0.513 e. The molecule has 0 spiro atoms. The first-order chi connectivity index (χ1) is 16.3. The topological polar surface area (TPSA) is 103 Å². The van der Waals surface area contributed by atoms with Gasteiger partial charge in [-0.15, -0.1) is 0 Å². The van der Waals surface area contributed by atoms with Crippen LogP contribution in [-0.4, -0.2) is 18.4 Å². The molecule has 0 amide bonds. The van der Waals surface area contributed by atoms with Crippen LogP contribution in [0.2, 0.25) is 0 Å². The van der Waals surface area contributed by atoms with E-state index in [0.717, 1.165) is 11.1 Å². The summed E-state index contributed by atoms with van der Waals surface area (Å²) in [6.07, 6.45) is -0.788. The van der Waals surface area contributed by atoms with E-state index in [1.54, 1.807) is 26.0 Å². The van der Waals surface area contributed by atoms with Crippen molar-refractivity contribution in [2.24, 2.45) is 0 Å². The van der Waals surface area contributed by atoms with Crippen molar-refractivity contribution in [2.75, 3.05) is 7.11 Å². The number of methoxy groups -OCH3 is 1. The monoisotopic (exact) mass is 508 g/mol. The van der Waals surface area contributed by atoms with Crippen LogP contribution in [0, 0.1) is 22.7 Å². The molecule has 0 heterocycles. The van der Waals surface area contributed by atoms with Crippen LogP contribution in [0.3, 0.4) is 0 Å². The van der Waals surface area contributed by atoms with E-state index in [2.05, 4.69) is 58.4 Å². The van der Waals surface area contributed by atoms with Gasteiger partial charge in [-0.05, 0) is 73.9 Å². The van der Waals surface area contributed by atoms with E-state index in [-0.39, 0.29) is 24.0 Å². The van der Waals surface area contributed by atoms with Gasteiger partial charge in [0, 0.05) is 11.1 Å². The maximum absolute atomic E-state index is 11.3. The Bertz CT molecular complexity index is 1170. The molecule has 0 aliphatic carbocycles. The lowest BCUT2D eigenvalue weighted by molar-refractivity contribution is 0.121. The number of phenols is 1. The van der Waals surface area contributed by atoms with Crippen LogP contribution < -0.4 is 4.74 Å². The zero-order valence-corrected chi connectivity index (χ0v) is 23.5. The van der Waals surface area contributed by atoms with Gasteiger partial charge in [-0.2, -0.15) is 10.5 Å². The number of carbonyl (C=O) groups is 1. The highest BCUT2D eigenvalue weighted by Crippen LogP contribution is 2.36. The molecule has 0 saturated carbocycles. The average Bonchev–Trinajstić information content (AvgIpc) is 2.78. The second kappa shape index (κ2) is 12.2. The lowest BCUT2D eigenvalue weighted by atomic mass is 9.80. The molecule has 0 radical (unpaired) electrons. The third kappa shape index (κ3) is 8.83. The van der Waals surface area contributed by atoms with Gasteiger partial charge in [-0.25, -0.2) is 4.79 Å². The van der Waals surface area contributed by atoms with E-state index in [9.17, 15) is 15.2 Å². The fourth-order valence-corrected chi connectivity index (χ4v) is 3.33. The minimum absolute atomic E-state index is 0. The summed E-state index contributed by atoms with van der Waals surface area (Å²) in [5.41, 5.74) is 2.13. The van der Waals surface area contributed by atoms with E-state index < -0.39 is 17.0 Å². The Hall–Kier alpha value is -3.51. The van der Waals surface area contributed by atoms with Crippen molar-refractivity contribution < 1.29 is 19.4 Å². The molecule has 6 nitrogen and oxygen atoms in total. The highest BCUT2D eigenvalue weighted by Gasteiger charge is 2.28. The Kier molecular flexibility index (Phi) is 11.0. The van der Waals surface area contributed by atoms with Crippen LogP contribution in [0.15, 0.2) is 36.4 Å². The fraction of sp³-hybridized carbons (Fsp3) is 0.516. The first-order valence-corrected chi connectivity index (χ1v) is 11.9. The molecule has 0 aliphatic heterocycles. The molecule has 0 aromatic heterocycles. The number of nitriles is 2. The van der Waals surface area contributed by atoms with Crippen LogP contribution >= 0.6 is 0 Å². The second-order valence-corrected chi connectivity index (χ2v) is 12.0. The summed E-state index contributed by atoms with van der Waals surface area (Å²) in [6.45, 7) is 19.8. The van der Waals surface area contributed by atoms with Gasteiger partial charge in [0.15, 0.2) is 0 Å². The summed E-state index contributed by atoms with van der Waals surface area (Å²) in [6, 6.07) is 15.5. The van der Waals surface area contributed by atoms with Crippen molar-refractivity contribution in [1.82, 2.24) is 0 Å². The van der Waals surface area contributed by atoms with E-state index in [4.69, 9.17) is 10.00 Å². The molecule has 0 aliphatic rings. The lowest BCUT2D eigenvalue weighted by Gasteiger charge is -2.25. The van der Waals surface area contributed by atoms with Crippen molar-refractivity contribution in [2.45, 2.75) is 98.3 Å². The van der Waals surface area contributed by atoms with Gasteiger partial charge in [-0.1, -0.05) is 61.1 Å². The van der Waals surface area contributed by atoms with E-state index >= 15 is 0 Å². The quantitative estimate of drug-likeness (QED) is 0.332. The molecule has 0 atom stereocenters. The van der Waals surface area contributed by atoms with Gasteiger partial charge in [0.2, 0.25) is 0 Å². The third-order valence-electron chi connectivity index (χ3n) is 5.97. The maximum Gasteiger partial charge on any atom is 0.513 e. The number of hydrogen-bond donors (Lipinski definition) is 1. The average molecular weight is 509 g/mol. The zero-order valence-electron chi connectivity index (χ0n) is 23.5. The number of benzene rings is 2. The SMILES string of the molecule is C.CC(C)(C)c1ccc(O)c(C(C)(C)C#N)c1.COC(=O)Oc1ccc(C(C)(C)C)cc1C(C)(C)C#N. The standard InChI is InChI=1S/C16H21NO3.C14H19NO.CH4/c1-15(2,3)11-7-8-13(20-14(18)19-6)12(9-11)16(4,5)10-17;1-13(2,3)10-6-7-12(16)11(8-10)14(4,5)9-15;/h7-9H,1-6H3;6-8,16H,1-5H3;1H4. The molecule has 0 saturated heterocycles. The normalized spacial score (nSPS) is 11.6. The minimum Gasteiger partial charge on any atom is -0.508 e. The van der Waals surface area contributed by atoms with Crippen molar-refractivity contribution in [3.63, 3.8) is 0 Å². The van der Waals surface area contributed by atoms with Gasteiger partial charge in [-0.3, -0.25) is 0 Å². The highest BCUT2D eigenvalue weighted by atomic mass is 16.7. The smallest absolute Gasteiger partial charge is 0.508 e. The number of phenolic OH excluding ortho intramolecular Hbond substituents is 1. The summed E-state index contributed by atoms with van der Waals surface area (Å²) in [5, 5.41) is 28.3. The number of rotatable bonds is 3. The molecule has 6 heteroatoms. The summed E-state index contributed by atoms with van der Waals surface area (Å²) >= 11 is 0. The first-order valence-electron chi connectivity index (χ1n) is 11.9. The number of nitrogens with zero attached hydrogens (tertiary/aromatic N) is 2. The molecular weight excluding hydrogens is 464 g/mol. The zero-order chi connectivity index (χ0) is 28.1. The molecule has 0 fully saturated rings. The van der Waals surface area contributed by atoms with Crippen LogP contribution in [0.25, 0.3) is 0 Å². The highest BCUT2D eigenvalue weighted by molar-refractivity contribution is 5.65. The van der Waals surface area contributed by atoms with E-state index in [0.29, 0.717) is 16.9 Å². The van der Waals surface area contributed by atoms with E-state index in [1.165, 1.54) is 7.11 Å². The van der Waals surface area contributed by atoms with Gasteiger partial charge >= 0.3 is 6.16 Å². The number of hydrogen-bond acceptors (Lipinski definition) is 6. The molecule has 2 aromatic rings. The molecule has 202 valence electrons. The van der Waals surface area contributed by atoms with Crippen LogP contribution in [-0.2, 0) is 26.4 Å². The lowest BCUT2D eigenvalue weighted by Crippen LogP contribution is -2.20. The molecule has 37 heavy (non-hydrogen) atoms. The van der Waals surface area contributed by atoms with Crippen LogP contribution in [0.4, 0.5) is 4.79 Å². The Balaban J connectivity index is 0.000000698. The van der Waals surface area contributed by atoms with E-state index in [1.807, 2.05) is 38.1 Å². The fourth-order valence-electron chi connectivity index (χ4n) is 3.33. The Morgan fingerprint density at radius 3 is 1.57 bits per heavy atom. The number of aromatic hydroxyl groups is 1. The Morgan fingerprint density at radius 1 is 0.757 bits per heavy atom. The van der Waals surface area contributed by atoms with Crippen LogP contribution in [0.5, 0.6) is 11.5 Å². The van der Waals surface area contributed by atoms with Crippen molar-refractivity contribution >= 4 is 6.16 Å². The summed E-state index contributed by atoms with van der Waals surface area (Å²) < 4.78 is 9.65. The first kappa shape index (κ1) is 33.5. The molecule has 0 bridgehead atoms. The molecular formula is C31H44N2O4. The minimum atomic E-state index is -0.788. The van der Waals surface area contributed by atoms with Gasteiger partial charge < -0.3 is 14.6 Å². The molecule has 0 unspecified atom stereocenters. The predicted octanol–water partition coefficient (Wildman–Crippen LogP) is 8.06. The van der Waals surface area contributed by atoms with Gasteiger partial charge in [0.05, 0.1) is 30.1 Å². The van der Waals surface area contributed by atoms with Crippen molar-refractivity contribution in [3.8, 4) is 23.6 Å². The van der Waals surface area contributed by atoms with Crippen LogP contribution in [0.1, 0.15) is 98.9 Å². The number of ether oxygens (including phenoxy) is 2. The van der Waals surface area contributed by atoms with Gasteiger partial charge in [0.25, 0.3) is 0 Å². The third-order valence-corrected chi connectivity index (χ3v) is 5.97. The summed E-state index contributed by atoms with van der Waals surface area (Å²) in [5.74, 6) is 0.552. The molecule has 1 N–H and O–H groups in total. The predicted molar refractivity (Wildman–Crippen MR) is 149 cm³/mol. The second-order valence-electron chi connectivity index (χ2n) is 12.0. The molecule has 2 rings (SSSR count). The maximum atomic E-state index is 11.3. The Labute approximate surface area is 223 Å². The summed E-state index contributed by atoms with van der Waals surface area (Å²) in [7, 11) is 1.25. The van der Waals surface area contributed by atoms with Crippen molar-refractivity contribution in [3.05, 3.63) is 58.7 Å². The Morgan fingerprint density at radius 2 is 1.16 bits per heavy atom. The summed E-state index contributed by atoms with van der Waals surface area (Å²) in [4.78, 5) is 11.3.